The normalized spacial score (nSPS) is 12.5. The minimum absolute atomic E-state index is 0.603. The van der Waals surface area contributed by atoms with E-state index < -0.39 is 6.23 Å². The fourth-order valence-corrected chi connectivity index (χ4v) is 2.37. The molecule has 1 unspecified atom stereocenters. The number of hydrogen-bond donors (Lipinski definition) is 3. The topological polar surface area (TPSA) is 79.5 Å². The average Bonchev–Trinajstić information content (AvgIpc) is 2.97. The number of rotatable bonds is 5. The van der Waals surface area contributed by atoms with Crippen molar-refractivity contribution in [2.75, 3.05) is 7.11 Å². The number of nitrogens with one attached hydrogen (secondary N) is 1. The molecule has 6 nitrogen and oxygen atoms in total. The fourth-order valence-electron chi connectivity index (χ4n) is 2.37. The van der Waals surface area contributed by atoms with Crippen molar-refractivity contribution in [1.29, 1.82) is 0 Å². The molecule has 0 spiro atoms. The molecule has 0 fully saturated rings. The molecule has 114 valence electrons. The van der Waals surface area contributed by atoms with Gasteiger partial charge >= 0.3 is 0 Å². The van der Waals surface area contributed by atoms with Crippen LogP contribution >= 0.6 is 0 Å². The van der Waals surface area contributed by atoms with Crippen LogP contribution in [0.5, 0.6) is 5.75 Å². The number of methoxy groups -OCH3 is 1. The van der Waals surface area contributed by atoms with E-state index in [-0.39, 0.29) is 0 Å². The lowest BCUT2D eigenvalue weighted by atomic mass is 10.1. The summed E-state index contributed by atoms with van der Waals surface area (Å²) >= 11 is 0. The molecule has 3 N–H and O–H groups in total. The quantitative estimate of drug-likeness (QED) is 0.496. The number of benzene rings is 2. The number of fused-ring (bicyclic) bond motifs is 1. The van der Waals surface area contributed by atoms with Crippen molar-refractivity contribution < 1.29 is 15.1 Å². The van der Waals surface area contributed by atoms with E-state index in [2.05, 4.69) is 4.98 Å². The van der Waals surface area contributed by atoms with E-state index in [4.69, 9.17) is 9.94 Å². The molecule has 3 aromatic rings. The minimum atomic E-state index is -1.07. The molecule has 0 saturated heterocycles. The smallest absolute Gasteiger partial charge is 0.152 e. The molecule has 0 bridgehead atoms. The third kappa shape index (κ3) is 2.80. The van der Waals surface area contributed by atoms with E-state index in [9.17, 15) is 5.11 Å². The second-order valence-corrected chi connectivity index (χ2v) is 5.00. The largest absolute Gasteiger partial charge is 0.497 e. The number of nitrogens with zero attached hydrogens (tertiary/aromatic N) is 2. The molecule has 0 aliphatic carbocycles. The van der Waals surface area contributed by atoms with Gasteiger partial charge in [0.25, 0.3) is 0 Å². The number of hydrogen-bond acceptors (Lipinski definition) is 5. The number of aromatic nitrogens is 2. The Morgan fingerprint density at radius 2 is 2.00 bits per heavy atom. The first-order chi connectivity index (χ1) is 10.7. The Bertz CT molecular complexity index is 768. The highest BCUT2D eigenvalue weighted by molar-refractivity contribution is 5.77. The maximum absolute atomic E-state index is 9.48. The molecular weight excluding hydrogens is 282 g/mol. The van der Waals surface area contributed by atoms with Crippen LogP contribution in [0.3, 0.4) is 0 Å². The van der Waals surface area contributed by atoms with Crippen molar-refractivity contribution in [3.05, 3.63) is 59.9 Å². The lowest BCUT2D eigenvalue weighted by molar-refractivity contribution is 0.000692. The molecule has 0 amide bonds. The molecule has 0 saturated carbocycles. The highest BCUT2D eigenvalue weighted by Gasteiger charge is 2.07. The summed E-state index contributed by atoms with van der Waals surface area (Å²) in [7, 11) is 1.63. The number of hydroxylamine groups is 1. The molecule has 0 radical (unpaired) electrons. The first kappa shape index (κ1) is 14.5. The van der Waals surface area contributed by atoms with E-state index >= 15 is 0 Å². The minimum Gasteiger partial charge on any atom is -0.497 e. The van der Waals surface area contributed by atoms with E-state index in [0.717, 1.165) is 22.3 Å². The van der Waals surface area contributed by atoms with Crippen LogP contribution in [0.4, 0.5) is 0 Å². The average molecular weight is 299 g/mol. The highest BCUT2D eigenvalue weighted by atomic mass is 16.5. The zero-order valence-corrected chi connectivity index (χ0v) is 12.1. The van der Waals surface area contributed by atoms with Gasteiger partial charge in [-0.1, -0.05) is 24.3 Å². The Balaban J connectivity index is 1.84. The van der Waals surface area contributed by atoms with E-state index in [0.29, 0.717) is 12.1 Å². The van der Waals surface area contributed by atoms with Crippen LogP contribution in [0.15, 0.2) is 48.8 Å². The summed E-state index contributed by atoms with van der Waals surface area (Å²) in [4.78, 5) is 4.38. The van der Waals surface area contributed by atoms with Gasteiger partial charge in [-0.15, -0.1) is 0 Å². The van der Waals surface area contributed by atoms with Crippen molar-refractivity contribution >= 4 is 11.0 Å². The zero-order valence-electron chi connectivity index (χ0n) is 12.1. The van der Waals surface area contributed by atoms with Crippen LogP contribution in [-0.4, -0.2) is 27.0 Å². The summed E-state index contributed by atoms with van der Waals surface area (Å²) in [6.07, 6.45) is 0.720. The molecule has 6 heteroatoms. The van der Waals surface area contributed by atoms with Gasteiger partial charge in [0.15, 0.2) is 6.23 Å². The van der Waals surface area contributed by atoms with Crippen LogP contribution in [-0.2, 0) is 6.54 Å². The van der Waals surface area contributed by atoms with Gasteiger partial charge in [-0.05, 0) is 23.3 Å². The SMILES string of the molecule is COc1ccc2c(c1)ncn2Cc1ccc(C(O)NO)cc1. The lowest BCUT2D eigenvalue weighted by Crippen LogP contribution is -2.15. The molecule has 0 aliphatic rings. The second kappa shape index (κ2) is 6.15. The van der Waals surface area contributed by atoms with Gasteiger partial charge < -0.3 is 19.6 Å². The van der Waals surface area contributed by atoms with Gasteiger partial charge in [0.1, 0.15) is 5.75 Å². The molecule has 22 heavy (non-hydrogen) atoms. The maximum Gasteiger partial charge on any atom is 0.152 e. The van der Waals surface area contributed by atoms with Crippen molar-refractivity contribution in [2.45, 2.75) is 12.8 Å². The molecule has 1 aromatic heterocycles. The van der Waals surface area contributed by atoms with Crippen LogP contribution in [0.1, 0.15) is 17.4 Å². The summed E-state index contributed by atoms with van der Waals surface area (Å²) in [5.41, 5.74) is 5.40. The summed E-state index contributed by atoms with van der Waals surface area (Å²) in [5, 5.41) is 18.2. The van der Waals surface area contributed by atoms with Crippen molar-refractivity contribution in [2.24, 2.45) is 0 Å². The highest BCUT2D eigenvalue weighted by Crippen LogP contribution is 2.20. The van der Waals surface area contributed by atoms with E-state index in [1.54, 1.807) is 25.6 Å². The molecule has 2 aromatic carbocycles. The number of aliphatic hydroxyl groups is 1. The number of imidazole rings is 1. The van der Waals surface area contributed by atoms with Crippen molar-refractivity contribution in [1.82, 2.24) is 15.0 Å². The van der Waals surface area contributed by atoms with Gasteiger partial charge in [0.05, 0.1) is 24.5 Å². The first-order valence-electron chi connectivity index (χ1n) is 6.86. The molecule has 1 atom stereocenters. The molecular formula is C16H17N3O3. The standard InChI is InChI=1S/C16H17N3O3/c1-22-13-6-7-15-14(8-13)17-10-19(15)9-11-2-4-12(5-3-11)16(20)18-21/h2-8,10,16,18,20-21H,9H2,1H3. The van der Waals surface area contributed by atoms with Gasteiger partial charge in [-0.3, -0.25) is 0 Å². The lowest BCUT2D eigenvalue weighted by Gasteiger charge is -2.10. The Hall–Kier alpha value is -2.41. The second-order valence-electron chi connectivity index (χ2n) is 5.00. The predicted octanol–water partition coefficient (Wildman–Crippen LogP) is 2.06. The third-order valence-electron chi connectivity index (χ3n) is 3.60. The summed E-state index contributed by atoms with van der Waals surface area (Å²) in [5.74, 6) is 0.785. The zero-order chi connectivity index (χ0) is 15.5. The third-order valence-corrected chi connectivity index (χ3v) is 3.60. The molecule has 1 heterocycles. The number of aliphatic hydroxyl groups excluding tert-OH is 1. The van der Waals surface area contributed by atoms with Crippen molar-refractivity contribution in [3.63, 3.8) is 0 Å². The molecule has 0 aliphatic heterocycles. The summed E-state index contributed by atoms with van der Waals surface area (Å²) < 4.78 is 7.24. The monoisotopic (exact) mass is 299 g/mol. The van der Waals surface area contributed by atoms with Crippen LogP contribution in [0.25, 0.3) is 11.0 Å². The Labute approximate surface area is 127 Å². The Morgan fingerprint density at radius 3 is 2.68 bits per heavy atom. The first-order valence-corrected chi connectivity index (χ1v) is 6.86. The Morgan fingerprint density at radius 1 is 1.23 bits per heavy atom. The fraction of sp³-hybridized carbons (Fsp3) is 0.188. The van der Waals surface area contributed by atoms with Crippen LogP contribution < -0.4 is 10.2 Å². The maximum atomic E-state index is 9.48. The summed E-state index contributed by atoms with van der Waals surface area (Å²) in [6.45, 7) is 0.672. The van der Waals surface area contributed by atoms with Crippen molar-refractivity contribution in [3.8, 4) is 5.75 Å². The predicted molar refractivity (Wildman–Crippen MR) is 81.7 cm³/mol. The Kier molecular flexibility index (Phi) is 4.06. The van der Waals surface area contributed by atoms with Crippen LogP contribution in [0, 0.1) is 0 Å². The summed E-state index contributed by atoms with van der Waals surface area (Å²) in [6, 6.07) is 13.1. The van der Waals surface area contributed by atoms with E-state index in [1.165, 1.54) is 0 Å². The van der Waals surface area contributed by atoms with Gasteiger partial charge in [0.2, 0.25) is 0 Å². The van der Waals surface area contributed by atoms with Crippen LogP contribution in [0.2, 0.25) is 0 Å². The van der Waals surface area contributed by atoms with E-state index in [1.807, 2.05) is 40.4 Å². The van der Waals surface area contributed by atoms with Gasteiger partial charge in [-0.25, -0.2) is 4.98 Å². The van der Waals surface area contributed by atoms with Gasteiger partial charge in [0, 0.05) is 12.6 Å². The molecule has 3 rings (SSSR count). The number of ether oxygens (including phenoxy) is 1. The van der Waals surface area contributed by atoms with Gasteiger partial charge in [-0.2, -0.15) is 5.48 Å².